The first-order valence-corrected chi connectivity index (χ1v) is 18.4. The second kappa shape index (κ2) is 16.2. The van der Waals surface area contributed by atoms with Gasteiger partial charge in [0.05, 0.1) is 17.1 Å². The van der Waals surface area contributed by atoms with Crippen LogP contribution in [0.3, 0.4) is 0 Å². The Kier molecular flexibility index (Phi) is 12.6. The molecule has 4 rings (SSSR count). The number of hydrogen-bond acceptors (Lipinski definition) is 4. The number of H-pyrrole nitrogens is 1. The van der Waals surface area contributed by atoms with Crippen molar-refractivity contribution in [3.8, 4) is 5.75 Å². The molecule has 0 saturated carbocycles. The summed E-state index contributed by atoms with van der Waals surface area (Å²) in [6.07, 6.45) is 4.76. The van der Waals surface area contributed by atoms with Crippen molar-refractivity contribution in [2.45, 2.75) is 110 Å². The second-order valence-electron chi connectivity index (χ2n) is 12.2. The van der Waals surface area contributed by atoms with Crippen LogP contribution in [0.25, 0.3) is 21.8 Å². The zero-order chi connectivity index (χ0) is 34.2. The van der Waals surface area contributed by atoms with E-state index in [1.165, 1.54) is 4.31 Å². The van der Waals surface area contributed by atoms with Crippen LogP contribution in [0.4, 0.5) is 13.2 Å². The third-order valence-electron chi connectivity index (χ3n) is 8.75. The number of nitrogens with one attached hydrogen (secondary N) is 1. The van der Waals surface area contributed by atoms with E-state index in [1.807, 2.05) is 33.8 Å². The van der Waals surface area contributed by atoms with Gasteiger partial charge in [-0.25, -0.2) is 8.42 Å². The number of alkyl halides is 3. The zero-order valence-corrected chi connectivity index (χ0v) is 28.8. The van der Waals surface area contributed by atoms with E-state index in [0.29, 0.717) is 48.2 Å². The van der Waals surface area contributed by atoms with Crippen molar-refractivity contribution in [1.29, 1.82) is 0 Å². The minimum atomic E-state index is -4.63. The molecule has 2 aromatic carbocycles. The number of unbranched alkanes of at least 4 members (excludes halogenated alkanes) is 6. The van der Waals surface area contributed by atoms with Crippen molar-refractivity contribution >= 4 is 31.8 Å². The molecular weight excluding hydrogens is 627 g/mol. The average molecular weight is 676 g/mol. The van der Waals surface area contributed by atoms with Crippen LogP contribution in [-0.4, -0.2) is 42.0 Å². The SMILES string of the molecule is CCCN(CCC)S(=O)(=O)c1ccc(OCCCCCCCCCn2c(CC)c(C)c3c4c(C(F)(F)F)cc(=O)[nH]c4ccc32)cc1. The monoisotopic (exact) mass is 675 g/mol. The van der Waals surface area contributed by atoms with E-state index in [0.717, 1.165) is 81.1 Å². The molecule has 0 atom stereocenters. The second-order valence-corrected chi connectivity index (χ2v) is 14.1. The van der Waals surface area contributed by atoms with Crippen LogP contribution >= 0.6 is 0 Å². The first-order valence-electron chi connectivity index (χ1n) is 16.9. The van der Waals surface area contributed by atoms with E-state index in [2.05, 4.69) is 9.55 Å². The summed E-state index contributed by atoms with van der Waals surface area (Å²) in [5.74, 6) is 0.664. The smallest absolute Gasteiger partial charge is 0.417 e. The number of halogens is 3. The molecule has 0 spiro atoms. The van der Waals surface area contributed by atoms with E-state index >= 15 is 0 Å². The number of rotatable bonds is 18. The summed E-state index contributed by atoms with van der Waals surface area (Å²) < 4.78 is 77.3. The molecule has 7 nitrogen and oxygen atoms in total. The summed E-state index contributed by atoms with van der Waals surface area (Å²) in [7, 11) is -3.50. The Bertz CT molecular complexity index is 1790. The summed E-state index contributed by atoms with van der Waals surface area (Å²) >= 11 is 0. The zero-order valence-electron chi connectivity index (χ0n) is 28.0. The van der Waals surface area contributed by atoms with Gasteiger partial charge in [0.1, 0.15) is 5.75 Å². The maximum absolute atomic E-state index is 14.0. The number of nitrogens with zero attached hydrogens (tertiary/aromatic N) is 2. The normalized spacial score (nSPS) is 12.5. The minimum absolute atomic E-state index is 0.0654. The van der Waals surface area contributed by atoms with Crippen molar-refractivity contribution in [1.82, 2.24) is 13.9 Å². The number of sulfonamides is 1. The van der Waals surface area contributed by atoms with Gasteiger partial charge < -0.3 is 14.3 Å². The van der Waals surface area contributed by atoms with Crippen LogP contribution < -0.4 is 10.3 Å². The molecule has 0 fully saturated rings. The number of aryl methyl sites for hydroxylation is 2. The molecule has 0 aliphatic heterocycles. The predicted octanol–water partition coefficient (Wildman–Crippen LogP) is 8.99. The highest BCUT2D eigenvalue weighted by Gasteiger charge is 2.35. The summed E-state index contributed by atoms with van der Waals surface area (Å²) in [6.45, 7) is 10.2. The highest BCUT2D eigenvalue weighted by Crippen LogP contribution is 2.40. The van der Waals surface area contributed by atoms with E-state index in [-0.39, 0.29) is 10.9 Å². The van der Waals surface area contributed by atoms with Crippen molar-refractivity contribution in [3.05, 3.63) is 69.6 Å². The molecule has 0 amide bonds. The lowest BCUT2D eigenvalue weighted by Crippen LogP contribution is -2.32. The molecule has 0 aliphatic carbocycles. The number of benzene rings is 2. The van der Waals surface area contributed by atoms with Gasteiger partial charge in [0.15, 0.2) is 0 Å². The number of hydrogen-bond donors (Lipinski definition) is 1. The molecule has 11 heteroatoms. The molecule has 258 valence electrons. The predicted molar refractivity (Wildman–Crippen MR) is 183 cm³/mol. The molecule has 0 saturated heterocycles. The van der Waals surface area contributed by atoms with E-state index in [4.69, 9.17) is 4.74 Å². The molecule has 4 aromatic rings. The maximum atomic E-state index is 14.0. The highest BCUT2D eigenvalue weighted by atomic mass is 32.2. The Hall–Kier alpha value is -3.31. The van der Waals surface area contributed by atoms with Crippen LogP contribution in [0, 0.1) is 6.92 Å². The first-order chi connectivity index (χ1) is 22.4. The van der Waals surface area contributed by atoms with Gasteiger partial charge in [0.2, 0.25) is 15.6 Å². The fourth-order valence-corrected chi connectivity index (χ4v) is 8.16. The Morgan fingerprint density at radius 2 is 1.47 bits per heavy atom. The third-order valence-corrected chi connectivity index (χ3v) is 10.7. The van der Waals surface area contributed by atoms with Gasteiger partial charge >= 0.3 is 6.18 Å². The standard InChI is InChI=1S/C36H48F3N3O4S/c1-5-21-41(22-6-2)47(44,45)28-17-15-27(16-18-28)46-24-14-12-10-8-9-11-13-23-42-31(7-3)26(4)34-32(42)20-19-30-35(34)29(36(37,38)39)25-33(43)40-30/h15-20,25H,5-14,21-24H2,1-4H3,(H,40,43). The number of ether oxygens (including phenoxy) is 1. The average Bonchev–Trinajstić information content (AvgIpc) is 3.31. The Morgan fingerprint density at radius 3 is 2.06 bits per heavy atom. The molecule has 0 aliphatic rings. The Morgan fingerprint density at radius 1 is 0.851 bits per heavy atom. The molecule has 0 bridgehead atoms. The van der Waals surface area contributed by atoms with Crippen LogP contribution in [0.1, 0.15) is 95.4 Å². The summed E-state index contributed by atoms with van der Waals surface area (Å²) in [5.41, 5.74) is 1.19. The molecule has 2 aromatic heterocycles. The lowest BCUT2D eigenvalue weighted by Gasteiger charge is -2.21. The highest BCUT2D eigenvalue weighted by molar-refractivity contribution is 7.89. The van der Waals surface area contributed by atoms with Crippen LogP contribution in [-0.2, 0) is 29.2 Å². The third kappa shape index (κ3) is 8.59. The Labute approximate surface area is 276 Å². The molecule has 2 heterocycles. The summed E-state index contributed by atoms with van der Waals surface area (Å²) in [5, 5.41) is 0.632. The fourth-order valence-electron chi connectivity index (χ4n) is 6.53. The topological polar surface area (TPSA) is 84.4 Å². The number of pyridine rings is 1. The summed E-state index contributed by atoms with van der Waals surface area (Å²) in [4.78, 5) is 14.8. The number of fused-ring (bicyclic) bond motifs is 3. The van der Waals surface area contributed by atoms with Gasteiger partial charge in [0.25, 0.3) is 0 Å². The molecule has 0 unspecified atom stereocenters. The van der Waals surface area contributed by atoms with Crippen molar-refractivity contribution in [3.63, 3.8) is 0 Å². The maximum Gasteiger partial charge on any atom is 0.417 e. The van der Waals surface area contributed by atoms with Crippen LogP contribution in [0.5, 0.6) is 5.75 Å². The lowest BCUT2D eigenvalue weighted by atomic mass is 10.0. The van der Waals surface area contributed by atoms with E-state index in [9.17, 15) is 26.4 Å². The van der Waals surface area contributed by atoms with Gasteiger partial charge in [-0.1, -0.05) is 52.9 Å². The largest absolute Gasteiger partial charge is 0.494 e. The number of aromatic amines is 1. The van der Waals surface area contributed by atoms with Gasteiger partial charge in [0, 0.05) is 53.2 Å². The van der Waals surface area contributed by atoms with Gasteiger partial charge in [-0.05, 0) is 81.0 Å². The van der Waals surface area contributed by atoms with Gasteiger partial charge in [-0.2, -0.15) is 17.5 Å². The van der Waals surface area contributed by atoms with Crippen molar-refractivity contribution < 1.29 is 26.3 Å². The molecule has 0 radical (unpaired) electrons. The molecular formula is C36H48F3N3O4S. The van der Waals surface area contributed by atoms with Gasteiger partial charge in [-0.15, -0.1) is 0 Å². The minimum Gasteiger partial charge on any atom is -0.494 e. The van der Waals surface area contributed by atoms with E-state index < -0.39 is 27.3 Å². The number of aromatic nitrogens is 2. The van der Waals surface area contributed by atoms with E-state index in [1.54, 1.807) is 30.3 Å². The summed E-state index contributed by atoms with van der Waals surface area (Å²) in [6, 6.07) is 10.8. The first kappa shape index (κ1) is 36.5. The fraction of sp³-hybridized carbons (Fsp3) is 0.528. The lowest BCUT2D eigenvalue weighted by molar-refractivity contribution is -0.136. The van der Waals surface area contributed by atoms with Crippen LogP contribution in [0.2, 0.25) is 0 Å². The van der Waals surface area contributed by atoms with Gasteiger partial charge in [-0.3, -0.25) is 4.79 Å². The molecule has 47 heavy (non-hydrogen) atoms. The molecule has 1 N–H and O–H groups in total. The Balaban J connectivity index is 1.23. The van der Waals surface area contributed by atoms with Crippen LogP contribution in [0.15, 0.2) is 52.2 Å². The van der Waals surface area contributed by atoms with Crippen molar-refractivity contribution in [2.75, 3.05) is 19.7 Å². The quantitative estimate of drug-likeness (QED) is 0.107. The van der Waals surface area contributed by atoms with Crippen molar-refractivity contribution in [2.24, 2.45) is 0 Å².